The van der Waals surface area contributed by atoms with Crippen LogP contribution in [-0.2, 0) is 0 Å². The molecule has 1 unspecified atom stereocenters. The number of aromatic hydroxyl groups is 1. The molecule has 2 heterocycles. The first-order chi connectivity index (χ1) is 8.66. The molecule has 2 aliphatic heterocycles. The van der Waals surface area contributed by atoms with E-state index < -0.39 is 6.09 Å². The standard InChI is InChI=1S/C13H15NO4/c15-11-3-1-2-9-10-7-14(13(16)17)6-8(10)4-5-18-12(9)11/h1-3,8,10,15H,4-7H2,(H,16,17)/t8?,10-/m0/s1. The van der Waals surface area contributed by atoms with Gasteiger partial charge in [-0.2, -0.15) is 0 Å². The maximum atomic E-state index is 11.1. The number of para-hydroxylation sites is 1. The van der Waals surface area contributed by atoms with Crippen molar-refractivity contribution >= 4 is 6.09 Å². The van der Waals surface area contributed by atoms with Gasteiger partial charge in [-0.1, -0.05) is 12.1 Å². The molecule has 0 aliphatic carbocycles. The molecule has 96 valence electrons. The Morgan fingerprint density at radius 3 is 3.00 bits per heavy atom. The van der Waals surface area contributed by atoms with Crippen LogP contribution in [0.2, 0.25) is 0 Å². The number of fused-ring (bicyclic) bond motifs is 3. The van der Waals surface area contributed by atoms with Gasteiger partial charge in [0.15, 0.2) is 11.5 Å². The lowest BCUT2D eigenvalue weighted by molar-refractivity contribution is 0.152. The Morgan fingerprint density at radius 1 is 1.39 bits per heavy atom. The zero-order chi connectivity index (χ0) is 12.7. The topological polar surface area (TPSA) is 70.0 Å². The molecule has 0 bridgehead atoms. The van der Waals surface area contributed by atoms with Crippen molar-refractivity contribution in [2.75, 3.05) is 19.7 Å². The van der Waals surface area contributed by atoms with Gasteiger partial charge in [-0.3, -0.25) is 0 Å². The first-order valence-electron chi connectivity index (χ1n) is 6.09. The maximum absolute atomic E-state index is 11.1. The number of hydrogen-bond acceptors (Lipinski definition) is 3. The predicted molar refractivity (Wildman–Crippen MR) is 64.0 cm³/mol. The van der Waals surface area contributed by atoms with Crippen LogP contribution in [0, 0.1) is 5.92 Å². The second-order valence-corrected chi connectivity index (χ2v) is 4.89. The number of likely N-dealkylation sites (tertiary alicyclic amines) is 1. The molecule has 0 saturated carbocycles. The third kappa shape index (κ3) is 1.66. The van der Waals surface area contributed by atoms with Gasteiger partial charge in [0, 0.05) is 24.6 Å². The lowest BCUT2D eigenvalue weighted by atomic mass is 9.87. The molecule has 5 heteroatoms. The summed E-state index contributed by atoms with van der Waals surface area (Å²) in [6, 6.07) is 5.30. The van der Waals surface area contributed by atoms with Crippen molar-refractivity contribution in [2.24, 2.45) is 5.92 Å². The highest BCUT2D eigenvalue weighted by Gasteiger charge is 2.39. The molecule has 0 spiro atoms. The second-order valence-electron chi connectivity index (χ2n) is 4.89. The van der Waals surface area contributed by atoms with Gasteiger partial charge in [0.05, 0.1) is 6.61 Å². The first-order valence-corrected chi connectivity index (χ1v) is 6.09. The first kappa shape index (κ1) is 11.2. The van der Waals surface area contributed by atoms with Gasteiger partial charge in [0.1, 0.15) is 0 Å². The fourth-order valence-corrected chi connectivity index (χ4v) is 2.98. The number of amides is 1. The smallest absolute Gasteiger partial charge is 0.407 e. The number of carboxylic acid groups (broad SMARTS) is 1. The van der Waals surface area contributed by atoms with Crippen molar-refractivity contribution in [1.82, 2.24) is 4.90 Å². The van der Waals surface area contributed by atoms with Crippen LogP contribution >= 0.6 is 0 Å². The molecule has 1 fully saturated rings. The van der Waals surface area contributed by atoms with E-state index in [4.69, 9.17) is 9.84 Å². The summed E-state index contributed by atoms with van der Waals surface area (Å²) in [4.78, 5) is 12.5. The summed E-state index contributed by atoms with van der Waals surface area (Å²) in [5.74, 6) is 1.08. The lowest BCUT2D eigenvalue weighted by Gasteiger charge is -2.16. The molecular weight excluding hydrogens is 234 g/mol. The van der Waals surface area contributed by atoms with Crippen molar-refractivity contribution < 1.29 is 19.7 Å². The van der Waals surface area contributed by atoms with Crippen molar-refractivity contribution in [2.45, 2.75) is 12.3 Å². The summed E-state index contributed by atoms with van der Waals surface area (Å²) in [7, 11) is 0. The van der Waals surface area contributed by atoms with Crippen LogP contribution in [0.25, 0.3) is 0 Å². The quantitative estimate of drug-likeness (QED) is 0.736. The summed E-state index contributed by atoms with van der Waals surface area (Å²) >= 11 is 0. The summed E-state index contributed by atoms with van der Waals surface area (Å²) in [5, 5.41) is 18.9. The molecular formula is C13H15NO4. The largest absolute Gasteiger partial charge is 0.504 e. The van der Waals surface area contributed by atoms with Crippen LogP contribution < -0.4 is 4.74 Å². The average molecular weight is 249 g/mol. The number of carbonyl (C=O) groups is 1. The number of phenolic OH excluding ortho intramolecular Hbond substituents is 1. The molecule has 0 aromatic heterocycles. The van der Waals surface area contributed by atoms with Gasteiger partial charge < -0.3 is 19.8 Å². The normalized spacial score (nSPS) is 25.9. The number of benzene rings is 1. The molecule has 18 heavy (non-hydrogen) atoms. The number of phenols is 1. The summed E-state index contributed by atoms with van der Waals surface area (Å²) < 4.78 is 5.60. The van der Waals surface area contributed by atoms with Crippen LogP contribution in [0.1, 0.15) is 17.9 Å². The van der Waals surface area contributed by atoms with Crippen LogP contribution in [-0.4, -0.2) is 40.9 Å². The minimum Gasteiger partial charge on any atom is -0.504 e. The molecule has 2 N–H and O–H groups in total. The van der Waals surface area contributed by atoms with E-state index in [1.165, 1.54) is 4.90 Å². The van der Waals surface area contributed by atoms with Crippen molar-refractivity contribution in [3.8, 4) is 11.5 Å². The van der Waals surface area contributed by atoms with E-state index in [1.807, 2.05) is 6.07 Å². The third-order valence-corrected chi connectivity index (χ3v) is 3.87. The Hall–Kier alpha value is -1.91. The molecule has 1 saturated heterocycles. The zero-order valence-electron chi connectivity index (χ0n) is 9.87. The number of ether oxygens (including phenoxy) is 1. The van der Waals surface area contributed by atoms with E-state index in [1.54, 1.807) is 12.1 Å². The average Bonchev–Trinajstić information content (AvgIpc) is 2.68. The van der Waals surface area contributed by atoms with E-state index in [9.17, 15) is 9.90 Å². The van der Waals surface area contributed by atoms with Crippen LogP contribution in [0.3, 0.4) is 0 Å². The molecule has 1 aromatic carbocycles. The monoisotopic (exact) mass is 249 g/mol. The minimum atomic E-state index is -0.870. The Balaban J connectivity index is 1.99. The molecule has 5 nitrogen and oxygen atoms in total. The van der Waals surface area contributed by atoms with Crippen molar-refractivity contribution in [3.63, 3.8) is 0 Å². The summed E-state index contributed by atoms with van der Waals surface area (Å²) in [6.07, 6.45) is -0.0477. The van der Waals surface area contributed by atoms with Gasteiger partial charge in [-0.05, 0) is 18.4 Å². The van der Waals surface area contributed by atoms with E-state index in [0.717, 1.165) is 12.0 Å². The molecule has 2 aliphatic rings. The van der Waals surface area contributed by atoms with Crippen LogP contribution in [0.4, 0.5) is 4.79 Å². The van der Waals surface area contributed by atoms with Gasteiger partial charge in [0.2, 0.25) is 0 Å². The van der Waals surface area contributed by atoms with E-state index >= 15 is 0 Å². The number of nitrogens with zero attached hydrogens (tertiary/aromatic N) is 1. The SMILES string of the molecule is O=C(O)N1CC2CCOc3c(O)cccc3[C@H]2C1. The fraction of sp³-hybridized carbons (Fsp3) is 0.462. The number of hydrogen-bond donors (Lipinski definition) is 2. The highest BCUT2D eigenvalue weighted by Crippen LogP contribution is 2.44. The van der Waals surface area contributed by atoms with Gasteiger partial charge >= 0.3 is 6.09 Å². The fourth-order valence-electron chi connectivity index (χ4n) is 2.98. The minimum absolute atomic E-state index is 0.130. The molecule has 1 amide bonds. The Labute approximate surface area is 105 Å². The molecule has 0 radical (unpaired) electrons. The Bertz CT molecular complexity index is 488. The van der Waals surface area contributed by atoms with E-state index in [2.05, 4.69) is 0 Å². The molecule has 3 rings (SSSR count). The van der Waals surface area contributed by atoms with Gasteiger partial charge in [-0.15, -0.1) is 0 Å². The van der Waals surface area contributed by atoms with Gasteiger partial charge in [0.25, 0.3) is 0 Å². The molecule has 2 atom stereocenters. The van der Waals surface area contributed by atoms with Crippen molar-refractivity contribution in [3.05, 3.63) is 23.8 Å². The Kier molecular flexibility index (Phi) is 2.54. The van der Waals surface area contributed by atoms with E-state index in [0.29, 0.717) is 25.4 Å². The maximum Gasteiger partial charge on any atom is 0.407 e. The number of rotatable bonds is 0. The summed E-state index contributed by atoms with van der Waals surface area (Å²) in [5.41, 5.74) is 0.932. The summed E-state index contributed by atoms with van der Waals surface area (Å²) in [6.45, 7) is 1.57. The van der Waals surface area contributed by atoms with Gasteiger partial charge in [-0.25, -0.2) is 4.79 Å². The van der Waals surface area contributed by atoms with Crippen LogP contribution in [0.15, 0.2) is 18.2 Å². The van der Waals surface area contributed by atoms with Crippen molar-refractivity contribution in [1.29, 1.82) is 0 Å². The predicted octanol–water partition coefficient (Wildman–Crippen LogP) is 1.87. The highest BCUT2D eigenvalue weighted by molar-refractivity contribution is 5.66. The highest BCUT2D eigenvalue weighted by atomic mass is 16.5. The van der Waals surface area contributed by atoms with E-state index in [-0.39, 0.29) is 17.6 Å². The second kappa shape index (κ2) is 4.08. The molecule has 1 aromatic rings. The lowest BCUT2D eigenvalue weighted by Crippen LogP contribution is -2.27. The Morgan fingerprint density at radius 2 is 2.22 bits per heavy atom. The van der Waals surface area contributed by atoms with Crippen LogP contribution in [0.5, 0.6) is 11.5 Å². The third-order valence-electron chi connectivity index (χ3n) is 3.87. The zero-order valence-corrected chi connectivity index (χ0v) is 9.87.